The van der Waals surface area contributed by atoms with E-state index in [1.807, 2.05) is 0 Å². The van der Waals surface area contributed by atoms with Gasteiger partial charge in [-0.15, -0.1) is 0 Å². The Balaban J connectivity index is 2.42. The number of non-ortho nitro benzene ring substituents is 1. The van der Waals surface area contributed by atoms with Crippen LogP contribution in [0.25, 0.3) is 0 Å². The van der Waals surface area contributed by atoms with Crippen molar-refractivity contribution in [3.8, 4) is 5.75 Å². The molecule has 8 heteroatoms. The van der Waals surface area contributed by atoms with Crippen molar-refractivity contribution in [2.75, 3.05) is 14.2 Å². The molecule has 0 radical (unpaired) electrons. The molecule has 0 heterocycles. The lowest BCUT2D eigenvalue weighted by Gasteiger charge is -2.30. The zero-order valence-corrected chi connectivity index (χ0v) is 13.5. The van der Waals surface area contributed by atoms with Gasteiger partial charge < -0.3 is 4.74 Å². The summed E-state index contributed by atoms with van der Waals surface area (Å²) >= 11 is 0. The maximum atomic E-state index is 12.8. The van der Waals surface area contributed by atoms with Crippen molar-refractivity contribution >= 4 is 15.7 Å². The molecule has 122 valence electrons. The molecule has 2 rings (SSSR count). The van der Waals surface area contributed by atoms with Crippen LogP contribution in [-0.4, -0.2) is 37.8 Å². The zero-order chi connectivity index (χ0) is 16.3. The van der Waals surface area contributed by atoms with E-state index in [0.717, 1.165) is 38.2 Å². The fraction of sp³-hybridized carbons (Fsp3) is 0.571. The molecule has 0 amide bonds. The minimum Gasteiger partial charge on any atom is -0.495 e. The van der Waals surface area contributed by atoms with E-state index in [0.29, 0.717) is 0 Å². The Labute approximate surface area is 130 Å². The molecule has 0 spiro atoms. The first-order chi connectivity index (χ1) is 10.4. The Morgan fingerprint density at radius 2 is 1.91 bits per heavy atom. The zero-order valence-electron chi connectivity index (χ0n) is 12.7. The number of nitro benzene ring substituents is 1. The molecule has 0 unspecified atom stereocenters. The number of methoxy groups -OCH3 is 1. The van der Waals surface area contributed by atoms with Crippen molar-refractivity contribution in [2.45, 2.75) is 43.0 Å². The van der Waals surface area contributed by atoms with Gasteiger partial charge in [0.2, 0.25) is 10.0 Å². The summed E-state index contributed by atoms with van der Waals surface area (Å²) in [4.78, 5) is 10.1. The quantitative estimate of drug-likeness (QED) is 0.612. The highest BCUT2D eigenvalue weighted by molar-refractivity contribution is 7.89. The summed E-state index contributed by atoms with van der Waals surface area (Å²) in [5.74, 6) is 0.119. The van der Waals surface area contributed by atoms with Gasteiger partial charge in [-0.05, 0) is 18.9 Å². The van der Waals surface area contributed by atoms with E-state index in [1.54, 1.807) is 0 Å². The molecule has 0 aromatic heterocycles. The number of benzene rings is 1. The Morgan fingerprint density at radius 3 is 2.45 bits per heavy atom. The van der Waals surface area contributed by atoms with Crippen LogP contribution in [0, 0.1) is 10.1 Å². The summed E-state index contributed by atoms with van der Waals surface area (Å²) < 4.78 is 32.0. The summed E-state index contributed by atoms with van der Waals surface area (Å²) in [5.41, 5.74) is -0.267. The van der Waals surface area contributed by atoms with Crippen LogP contribution in [0.3, 0.4) is 0 Å². The largest absolute Gasteiger partial charge is 0.495 e. The number of hydrogen-bond donors (Lipinski definition) is 0. The van der Waals surface area contributed by atoms with E-state index in [9.17, 15) is 18.5 Å². The van der Waals surface area contributed by atoms with E-state index in [2.05, 4.69) is 0 Å². The molecule has 1 aliphatic carbocycles. The molecule has 0 N–H and O–H groups in total. The lowest BCUT2D eigenvalue weighted by molar-refractivity contribution is -0.385. The Morgan fingerprint density at radius 1 is 1.27 bits per heavy atom. The number of nitrogens with zero attached hydrogens (tertiary/aromatic N) is 2. The standard InChI is InChI=1S/C14H20N2O5S/c1-15(11-6-4-3-5-7-11)22(19,20)14-10-12(16(17)18)8-9-13(14)21-2/h8-11H,3-7H2,1-2H3. The minimum atomic E-state index is -3.83. The third-order valence-electron chi connectivity index (χ3n) is 4.10. The lowest BCUT2D eigenvalue weighted by atomic mass is 9.96. The highest BCUT2D eigenvalue weighted by Crippen LogP contribution is 2.33. The lowest BCUT2D eigenvalue weighted by Crippen LogP contribution is -2.38. The summed E-state index contributed by atoms with van der Waals surface area (Å²) in [5, 5.41) is 10.9. The van der Waals surface area contributed by atoms with Gasteiger partial charge in [-0.25, -0.2) is 8.42 Å². The summed E-state index contributed by atoms with van der Waals surface area (Å²) in [6, 6.07) is 3.55. The van der Waals surface area contributed by atoms with Crippen LogP contribution in [0.4, 0.5) is 5.69 Å². The van der Waals surface area contributed by atoms with Crippen LogP contribution in [0.5, 0.6) is 5.75 Å². The second-order valence-corrected chi connectivity index (χ2v) is 7.37. The van der Waals surface area contributed by atoms with Gasteiger partial charge in [-0.2, -0.15) is 4.31 Å². The molecule has 1 aromatic rings. The maximum absolute atomic E-state index is 12.8. The molecule has 22 heavy (non-hydrogen) atoms. The van der Waals surface area contributed by atoms with Gasteiger partial charge in [0.05, 0.1) is 12.0 Å². The summed E-state index contributed by atoms with van der Waals surface area (Å²) in [7, 11) is -0.954. The first kappa shape index (κ1) is 16.7. The number of rotatable bonds is 5. The first-order valence-electron chi connectivity index (χ1n) is 7.18. The van der Waals surface area contributed by atoms with Gasteiger partial charge in [0, 0.05) is 25.2 Å². The molecule has 7 nitrogen and oxygen atoms in total. The highest BCUT2D eigenvalue weighted by atomic mass is 32.2. The predicted molar refractivity (Wildman–Crippen MR) is 81.5 cm³/mol. The molecule has 1 aliphatic rings. The van der Waals surface area contributed by atoms with Crippen molar-refractivity contribution in [3.05, 3.63) is 28.3 Å². The van der Waals surface area contributed by atoms with E-state index in [4.69, 9.17) is 4.74 Å². The van der Waals surface area contributed by atoms with Crippen LogP contribution < -0.4 is 4.74 Å². The van der Waals surface area contributed by atoms with Gasteiger partial charge in [0.1, 0.15) is 10.6 Å². The topological polar surface area (TPSA) is 89.7 Å². The monoisotopic (exact) mass is 328 g/mol. The van der Waals surface area contributed by atoms with Crippen LogP contribution in [0.2, 0.25) is 0 Å². The Hall–Kier alpha value is -1.67. The Bertz CT molecular complexity index is 653. The minimum absolute atomic E-state index is 0.0669. The van der Waals surface area contributed by atoms with Crippen LogP contribution in [0.15, 0.2) is 23.1 Å². The third kappa shape index (κ3) is 3.22. The third-order valence-corrected chi connectivity index (χ3v) is 6.04. The van der Waals surface area contributed by atoms with E-state index >= 15 is 0 Å². The van der Waals surface area contributed by atoms with Crippen molar-refractivity contribution in [3.63, 3.8) is 0 Å². The molecule has 1 saturated carbocycles. The van der Waals surface area contributed by atoms with Gasteiger partial charge in [-0.1, -0.05) is 19.3 Å². The smallest absolute Gasteiger partial charge is 0.271 e. The van der Waals surface area contributed by atoms with Gasteiger partial charge in [0.15, 0.2) is 0 Å². The Kier molecular flexibility index (Phi) is 5.02. The van der Waals surface area contributed by atoms with E-state index in [1.165, 1.54) is 30.6 Å². The van der Waals surface area contributed by atoms with Crippen molar-refractivity contribution in [1.82, 2.24) is 4.31 Å². The van der Waals surface area contributed by atoms with Crippen LogP contribution in [0.1, 0.15) is 32.1 Å². The van der Waals surface area contributed by atoms with E-state index in [-0.39, 0.29) is 22.4 Å². The number of nitro groups is 1. The average molecular weight is 328 g/mol. The molecule has 0 bridgehead atoms. The maximum Gasteiger partial charge on any atom is 0.271 e. The van der Waals surface area contributed by atoms with Crippen molar-refractivity contribution in [1.29, 1.82) is 0 Å². The van der Waals surface area contributed by atoms with E-state index < -0.39 is 14.9 Å². The predicted octanol–water partition coefficient (Wildman–Crippen LogP) is 2.56. The summed E-state index contributed by atoms with van der Waals surface area (Å²) in [6.07, 6.45) is 4.73. The number of sulfonamides is 1. The molecule has 0 saturated heterocycles. The molecular weight excluding hydrogens is 308 g/mol. The van der Waals surface area contributed by atoms with Gasteiger partial charge >= 0.3 is 0 Å². The fourth-order valence-electron chi connectivity index (χ4n) is 2.78. The summed E-state index contributed by atoms with van der Waals surface area (Å²) in [6.45, 7) is 0. The van der Waals surface area contributed by atoms with Crippen molar-refractivity contribution in [2.24, 2.45) is 0 Å². The number of hydrogen-bond acceptors (Lipinski definition) is 5. The molecule has 1 fully saturated rings. The second kappa shape index (κ2) is 6.62. The first-order valence-corrected chi connectivity index (χ1v) is 8.62. The number of ether oxygens (including phenoxy) is 1. The van der Waals surface area contributed by atoms with Crippen LogP contribution in [-0.2, 0) is 10.0 Å². The van der Waals surface area contributed by atoms with Crippen LogP contribution >= 0.6 is 0 Å². The average Bonchev–Trinajstić information content (AvgIpc) is 2.54. The van der Waals surface area contributed by atoms with Crippen molar-refractivity contribution < 1.29 is 18.1 Å². The highest BCUT2D eigenvalue weighted by Gasteiger charge is 2.32. The molecule has 0 aliphatic heterocycles. The normalized spacial score (nSPS) is 16.7. The molecular formula is C14H20N2O5S. The second-order valence-electron chi connectivity index (χ2n) is 5.41. The molecule has 1 aromatic carbocycles. The SMILES string of the molecule is COc1ccc([N+](=O)[O-])cc1S(=O)(=O)N(C)C1CCCCC1. The fourth-order valence-corrected chi connectivity index (χ4v) is 4.37. The van der Waals surface area contributed by atoms with Gasteiger partial charge in [-0.3, -0.25) is 10.1 Å². The molecule has 0 atom stereocenters. The van der Waals surface area contributed by atoms with Gasteiger partial charge in [0.25, 0.3) is 5.69 Å².